The van der Waals surface area contributed by atoms with E-state index in [2.05, 4.69) is 4.98 Å². The van der Waals surface area contributed by atoms with Gasteiger partial charge in [-0.2, -0.15) is 0 Å². The molecule has 0 aromatic carbocycles. The van der Waals surface area contributed by atoms with Crippen molar-refractivity contribution in [1.82, 2.24) is 4.98 Å². The van der Waals surface area contributed by atoms with Gasteiger partial charge in [-0.25, -0.2) is 14.2 Å². The Balaban J connectivity index is 3.48. The zero-order valence-electron chi connectivity index (χ0n) is 11.2. The molecule has 0 atom stereocenters. The van der Waals surface area contributed by atoms with Gasteiger partial charge in [0.1, 0.15) is 17.0 Å². The van der Waals surface area contributed by atoms with E-state index in [0.29, 0.717) is 0 Å². The van der Waals surface area contributed by atoms with Crippen molar-refractivity contribution in [1.29, 1.82) is 0 Å². The van der Waals surface area contributed by atoms with Crippen molar-refractivity contribution < 1.29 is 23.8 Å². The van der Waals surface area contributed by atoms with E-state index in [1.54, 1.807) is 13.8 Å². The summed E-state index contributed by atoms with van der Waals surface area (Å²) in [6.45, 7) is 3.37. The van der Waals surface area contributed by atoms with E-state index in [-0.39, 0.29) is 29.3 Å². The number of carboxylic acids is 1. The molecule has 0 aliphatic heterocycles. The third-order valence-electron chi connectivity index (χ3n) is 2.57. The molecular formula is C13H12Cl2FNO4. The summed E-state index contributed by atoms with van der Waals surface area (Å²) in [6, 6.07) is 0. The number of nitrogens with zero attached hydrogens (tertiary/aromatic N) is 1. The molecule has 0 aliphatic rings. The highest BCUT2D eigenvalue weighted by Crippen LogP contribution is 2.28. The van der Waals surface area contributed by atoms with Gasteiger partial charge in [-0.15, -0.1) is 0 Å². The van der Waals surface area contributed by atoms with Gasteiger partial charge in [-0.3, -0.25) is 4.79 Å². The summed E-state index contributed by atoms with van der Waals surface area (Å²) >= 11 is 11.4. The van der Waals surface area contributed by atoms with Gasteiger partial charge in [0, 0.05) is 5.56 Å². The highest BCUT2D eigenvalue weighted by atomic mass is 35.5. The second-order valence-electron chi connectivity index (χ2n) is 3.84. The molecule has 1 N–H and O–H groups in total. The van der Waals surface area contributed by atoms with Crippen LogP contribution in [0.15, 0.2) is 11.8 Å². The fraction of sp³-hybridized carbons (Fsp3) is 0.308. The first-order chi connectivity index (χ1) is 9.84. The molecule has 0 amide bonds. The number of Topliss-reactive ketones (excluding diaryl/α,β-unsaturated/α-hetero) is 1. The molecule has 1 aromatic rings. The van der Waals surface area contributed by atoms with Crippen molar-refractivity contribution in [3.05, 3.63) is 39.1 Å². The molecule has 8 heteroatoms. The van der Waals surface area contributed by atoms with Gasteiger partial charge in [-0.05, 0) is 13.3 Å². The maximum absolute atomic E-state index is 13.9. The van der Waals surface area contributed by atoms with Crippen molar-refractivity contribution in [3.63, 3.8) is 0 Å². The number of carbonyl (C=O) groups is 2. The normalized spacial score (nSPS) is 11.4. The van der Waals surface area contributed by atoms with Crippen molar-refractivity contribution in [2.45, 2.75) is 20.3 Å². The molecule has 0 saturated heterocycles. The number of hydrogen-bond acceptors (Lipinski definition) is 4. The van der Waals surface area contributed by atoms with Crippen LogP contribution in [0.2, 0.25) is 10.3 Å². The summed E-state index contributed by atoms with van der Waals surface area (Å²) in [6.07, 6.45) is 0.892. The lowest BCUT2D eigenvalue weighted by Gasteiger charge is -2.11. The maximum Gasteiger partial charge on any atom is 0.342 e. The highest BCUT2D eigenvalue weighted by molar-refractivity contribution is 6.37. The molecule has 0 unspecified atom stereocenters. The fourth-order valence-electron chi connectivity index (χ4n) is 1.62. The van der Waals surface area contributed by atoms with E-state index in [1.165, 1.54) is 0 Å². The molecule has 0 bridgehead atoms. The predicted molar refractivity (Wildman–Crippen MR) is 75.3 cm³/mol. The molecule has 1 aromatic heterocycles. The van der Waals surface area contributed by atoms with Crippen LogP contribution in [0.5, 0.6) is 0 Å². The van der Waals surface area contributed by atoms with Gasteiger partial charge in [0.2, 0.25) is 5.78 Å². The van der Waals surface area contributed by atoms with Crippen LogP contribution in [0.4, 0.5) is 4.39 Å². The van der Waals surface area contributed by atoms with E-state index in [9.17, 15) is 14.0 Å². The number of aliphatic carboxylic acids is 1. The number of ketones is 1. The van der Waals surface area contributed by atoms with Gasteiger partial charge in [0.25, 0.3) is 0 Å². The summed E-state index contributed by atoms with van der Waals surface area (Å²) < 4.78 is 18.7. The average Bonchev–Trinajstić information content (AvgIpc) is 2.42. The first-order valence-electron chi connectivity index (χ1n) is 5.98. The Morgan fingerprint density at radius 2 is 1.95 bits per heavy atom. The van der Waals surface area contributed by atoms with Crippen molar-refractivity contribution in [2.75, 3.05) is 6.61 Å². The summed E-state index contributed by atoms with van der Waals surface area (Å²) in [4.78, 5) is 26.9. The molecule has 0 aliphatic carbocycles. The molecule has 21 heavy (non-hydrogen) atoms. The van der Waals surface area contributed by atoms with Gasteiger partial charge in [0.15, 0.2) is 11.0 Å². The first-order valence-corrected chi connectivity index (χ1v) is 6.73. The van der Waals surface area contributed by atoms with E-state index in [1.807, 2.05) is 0 Å². The van der Waals surface area contributed by atoms with E-state index >= 15 is 0 Å². The smallest absolute Gasteiger partial charge is 0.342 e. The minimum Gasteiger partial charge on any atom is -0.500 e. The van der Waals surface area contributed by atoms with Gasteiger partial charge >= 0.3 is 5.97 Å². The maximum atomic E-state index is 13.9. The van der Waals surface area contributed by atoms with Gasteiger partial charge < -0.3 is 9.84 Å². The largest absolute Gasteiger partial charge is 0.500 e. The third kappa shape index (κ3) is 3.71. The molecular weight excluding hydrogens is 324 g/mol. The lowest BCUT2D eigenvalue weighted by Crippen LogP contribution is -2.17. The SMILES string of the molecule is CCOC=C(C(=O)O)C(=O)c1c(Cl)nc(Cl)c(F)c1CC. The summed E-state index contributed by atoms with van der Waals surface area (Å²) in [5.74, 6) is -3.39. The number of pyridine rings is 1. The van der Waals surface area contributed by atoms with Crippen LogP contribution in [0, 0.1) is 5.82 Å². The molecule has 1 rings (SSSR count). The van der Waals surface area contributed by atoms with Crippen LogP contribution in [0.25, 0.3) is 0 Å². The third-order valence-corrected chi connectivity index (χ3v) is 3.10. The van der Waals surface area contributed by atoms with Gasteiger partial charge in [-0.1, -0.05) is 30.1 Å². The van der Waals surface area contributed by atoms with Crippen molar-refractivity contribution in [3.8, 4) is 0 Å². The Morgan fingerprint density at radius 1 is 1.33 bits per heavy atom. The van der Waals surface area contributed by atoms with E-state index < -0.39 is 28.3 Å². The molecule has 1 heterocycles. The van der Waals surface area contributed by atoms with Crippen LogP contribution < -0.4 is 0 Å². The zero-order chi connectivity index (χ0) is 16.2. The van der Waals surface area contributed by atoms with Crippen molar-refractivity contribution in [2.24, 2.45) is 0 Å². The summed E-state index contributed by atoms with van der Waals surface area (Å²) in [5, 5.41) is 8.23. The average molecular weight is 336 g/mol. The number of ether oxygens (including phenoxy) is 1. The Labute approximate surface area is 130 Å². The van der Waals surface area contributed by atoms with E-state index in [0.717, 1.165) is 6.26 Å². The van der Waals surface area contributed by atoms with Gasteiger partial charge in [0.05, 0.1) is 12.2 Å². The Kier molecular flexibility index (Phi) is 6.11. The minimum atomic E-state index is -1.51. The number of rotatable bonds is 6. The molecule has 0 fully saturated rings. The predicted octanol–water partition coefficient (Wildman–Crippen LogP) is 3.28. The molecule has 5 nitrogen and oxygen atoms in total. The fourth-order valence-corrected chi connectivity index (χ4v) is 2.14. The number of aromatic nitrogens is 1. The Hall–Kier alpha value is -1.66. The number of hydrogen-bond donors (Lipinski definition) is 1. The summed E-state index contributed by atoms with van der Waals surface area (Å²) in [7, 11) is 0. The number of carboxylic acid groups (broad SMARTS) is 1. The van der Waals surface area contributed by atoms with Crippen LogP contribution in [0.3, 0.4) is 0 Å². The second kappa shape index (κ2) is 7.38. The van der Waals surface area contributed by atoms with Crippen LogP contribution in [-0.2, 0) is 16.0 Å². The number of carbonyl (C=O) groups excluding carboxylic acids is 1. The Bertz CT molecular complexity index is 617. The molecule has 0 saturated carbocycles. The minimum absolute atomic E-state index is 0.0892. The van der Waals surface area contributed by atoms with Crippen LogP contribution in [0.1, 0.15) is 29.8 Å². The second-order valence-corrected chi connectivity index (χ2v) is 4.55. The summed E-state index contributed by atoms with van der Waals surface area (Å²) in [5.41, 5.74) is -1.08. The van der Waals surface area contributed by atoms with Crippen LogP contribution in [-0.4, -0.2) is 28.4 Å². The van der Waals surface area contributed by atoms with Crippen LogP contribution >= 0.6 is 23.2 Å². The standard InChI is InChI=1S/C13H12Cl2FNO4/c1-3-6-8(11(14)17-12(15)9(6)16)10(18)7(13(19)20)5-21-4-2/h5H,3-4H2,1-2H3,(H,19,20). The zero-order valence-corrected chi connectivity index (χ0v) is 12.8. The topological polar surface area (TPSA) is 76.5 Å². The highest BCUT2D eigenvalue weighted by Gasteiger charge is 2.28. The van der Waals surface area contributed by atoms with E-state index in [4.69, 9.17) is 33.0 Å². The lowest BCUT2D eigenvalue weighted by atomic mass is 9.99. The molecule has 114 valence electrons. The van der Waals surface area contributed by atoms with Crippen molar-refractivity contribution >= 4 is 35.0 Å². The lowest BCUT2D eigenvalue weighted by molar-refractivity contribution is -0.132. The number of halogens is 3. The monoisotopic (exact) mass is 335 g/mol. The quantitative estimate of drug-likeness (QED) is 0.215. The molecule has 0 spiro atoms. The molecule has 0 radical (unpaired) electrons. The first kappa shape index (κ1) is 17.4. The Morgan fingerprint density at radius 3 is 2.43 bits per heavy atom.